The van der Waals surface area contributed by atoms with Gasteiger partial charge in [-0.1, -0.05) is 13.8 Å². The molecule has 6 nitrogen and oxygen atoms in total. The first-order chi connectivity index (χ1) is 9.08. The van der Waals surface area contributed by atoms with E-state index in [0.29, 0.717) is 0 Å². The van der Waals surface area contributed by atoms with Gasteiger partial charge in [0.25, 0.3) is 0 Å². The highest BCUT2D eigenvalue weighted by Gasteiger charge is 2.29. The lowest BCUT2D eigenvalue weighted by Crippen LogP contribution is -2.47. The molecule has 1 aromatic carbocycles. The fourth-order valence-electron chi connectivity index (χ4n) is 1.51. The van der Waals surface area contributed by atoms with Gasteiger partial charge in [0.05, 0.1) is 0 Å². The maximum absolute atomic E-state index is 13.7. The van der Waals surface area contributed by atoms with Crippen molar-refractivity contribution in [3.63, 3.8) is 0 Å². The molecule has 1 atom stereocenters. The number of hydrogen-bond donors (Lipinski definition) is 3. The minimum absolute atomic E-state index is 0.442. The highest BCUT2D eigenvalue weighted by atomic mass is 32.2. The van der Waals surface area contributed by atoms with Crippen molar-refractivity contribution in [3.05, 3.63) is 23.8 Å². The largest absolute Gasteiger partial charge is 0.394 e. The van der Waals surface area contributed by atoms with Crippen molar-refractivity contribution in [2.24, 2.45) is 11.7 Å². The van der Waals surface area contributed by atoms with Crippen LogP contribution in [0.25, 0.3) is 0 Å². The number of nitrogen functional groups attached to an aromatic ring is 1. The number of sulfonamides is 1. The van der Waals surface area contributed by atoms with Crippen LogP contribution in [-0.4, -0.2) is 20.4 Å². The number of rotatable bonds is 5. The molecule has 0 fully saturated rings. The fourth-order valence-corrected chi connectivity index (χ4v) is 2.95. The Morgan fingerprint density at radius 3 is 2.30 bits per heavy atom. The van der Waals surface area contributed by atoms with Crippen molar-refractivity contribution >= 4 is 21.6 Å². The topological polar surface area (TPSA) is 115 Å². The average Bonchev–Trinajstić information content (AvgIpc) is 2.32. The molecular weight excluding hydrogens is 292 g/mol. The SMILES string of the molecule is CC(C)C(NS(=O)(=O)c1ccc(F)c(N)c1F)C(N)=O. The molecule has 0 aliphatic carbocycles. The van der Waals surface area contributed by atoms with Gasteiger partial charge in [-0.05, 0) is 18.1 Å². The van der Waals surface area contributed by atoms with E-state index in [2.05, 4.69) is 0 Å². The monoisotopic (exact) mass is 307 g/mol. The Labute approximate surface area is 115 Å². The lowest BCUT2D eigenvalue weighted by molar-refractivity contribution is -0.120. The van der Waals surface area contributed by atoms with E-state index in [1.54, 1.807) is 13.8 Å². The Bertz CT molecular complexity index is 632. The molecule has 0 radical (unpaired) electrons. The second-order valence-corrected chi connectivity index (χ2v) is 6.20. The molecule has 1 amide bonds. The first kappa shape index (κ1) is 16.3. The van der Waals surface area contributed by atoms with E-state index in [4.69, 9.17) is 11.5 Å². The molecule has 20 heavy (non-hydrogen) atoms. The molecule has 1 aromatic rings. The van der Waals surface area contributed by atoms with Gasteiger partial charge in [-0.15, -0.1) is 0 Å². The highest BCUT2D eigenvalue weighted by molar-refractivity contribution is 7.89. The van der Waals surface area contributed by atoms with Crippen molar-refractivity contribution in [2.75, 3.05) is 5.73 Å². The molecule has 0 bridgehead atoms. The van der Waals surface area contributed by atoms with Gasteiger partial charge in [-0.3, -0.25) is 4.79 Å². The molecule has 1 unspecified atom stereocenters. The van der Waals surface area contributed by atoms with Crippen LogP contribution in [-0.2, 0) is 14.8 Å². The molecule has 0 aliphatic rings. The van der Waals surface area contributed by atoms with Crippen LogP contribution >= 0.6 is 0 Å². The second kappa shape index (κ2) is 5.71. The third kappa shape index (κ3) is 3.23. The van der Waals surface area contributed by atoms with Crippen LogP contribution in [0.15, 0.2) is 17.0 Å². The van der Waals surface area contributed by atoms with Gasteiger partial charge in [0.15, 0.2) is 5.82 Å². The first-order valence-corrected chi connectivity index (χ1v) is 7.11. The van der Waals surface area contributed by atoms with Gasteiger partial charge < -0.3 is 11.5 Å². The molecule has 0 saturated heterocycles. The van der Waals surface area contributed by atoms with Crippen LogP contribution in [0.2, 0.25) is 0 Å². The maximum Gasteiger partial charge on any atom is 0.244 e. The lowest BCUT2D eigenvalue weighted by atomic mass is 10.1. The molecule has 9 heteroatoms. The third-order valence-electron chi connectivity index (χ3n) is 2.64. The molecule has 5 N–H and O–H groups in total. The van der Waals surface area contributed by atoms with Gasteiger partial charge in [-0.2, -0.15) is 4.72 Å². The number of benzene rings is 1. The van der Waals surface area contributed by atoms with Crippen LogP contribution in [0.1, 0.15) is 13.8 Å². The number of nitrogens with two attached hydrogens (primary N) is 2. The summed E-state index contributed by atoms with van der Waals surface area (Å²) in [4.78, 5) is 10.3. The summed E-state index contributed by atoms with van der Waals surface area (Å²) in [6.07, 6.45) is 0. The van der Waals surface area contributed by atoms with E-state index in [-0.39, 0.29) is 0 Å². The lowest BCUT2D eigenvalue weighted by Gasteiger charge is -2.19. The van der Waals surface area contributed by atoms with Gasteiger partial charge >= 0.3 is 0 Å². The van der Waals surface area contributed by atoms with Crippen molar-refractivity contribution in [2.45, 2.75) is 24.8 Å². The highest BCUT2D eigenvalue weighted by Crippen LogP contribution is 2.23. The standard InChI is InChI=1S/C11H15F2N3O3S/c1-5(2)10(11(15)17)16-20(18,19)7-4-3-6(12)9(14)8(7)13/h3-5,10,16H,14H2,1-2H3,(H2,15,17). The third-order valence-corrected chi connectivity index (χ3v) is 4.09. The van der Waals surface area contributed by atoms with Gasteiger partial charge in [0.1, 0.15) is 22.4 Å². The summed E-state index contributed by atoms with van der Waals surface area (Å²) in [7, 11) is -4.39. The van der Waals surface area contributed by atoms with Gasteiger partial charge in [0, 0.05) is 0 Å². The van der Waals surface area contributed by atoms with E-state index < -0.39 is 50.1 Å². The Balaban J connectivity index is 3.25. The Morgan fingerprint density at radius 2 is 1.85 bits per heavy atom. The van der Waals surface area contributed by atoms with Crippen molar-refractivity contribution < 1.29 is 22.0 Å². The summed E-state index contributed by atoms with van der Waals surface area (Å²) in [5.74, 6) is -3.83. The Kier molecular flexibility index (Phi) is 4.66. The molecular formula is C11H15F2N3O3S. The average molecular weight is 307 g/mol. The molecule has 0 heterocycles. The van der Waals surface area contributed by atoms with E-state index in [1.807, 2.05) is 4.72 Å². The summed E-state index contributed by atoms with van der Waals surface area (Å²) in [5, 5.41) is 0. The summed E-state index contributed by atoms with van der Waals surface area (Å²) >= 11 is 0. The van der Waals surface area contributed by atoms with E-state index in [0.717, 1.165) is 12.1 Å². The molecule has 112 valence electrons. The van der Waals surface area contributed by atoms with Crippen molar-refractivity contribution in [1.82, 2.24) is 4.72 Å². The number of nitrogens with one attached hydrogen (secondary N) is 1. The second-order valence-electron chi connectivity index (χ2n) is 4.52. The smallest absolute Gasteiger partial charge is 0.244 e. The zero-order chi connectivity index (χ0) is 15.7. The normalized spacial score (nSPS) is 13.4. The summed E-state index contributed by atoms with van der Waals surface area (Å²) in [6.45, 7) is 3.13. The van der Waals surface area contributed by atoms with E-state index in [9.17, 15) is 22.0 Å². The first-order valence-electron chi connectivity index (χ1n) is 5.63. The number of halogens is 2. The number of carbonyl (C=O) groups excluding carboxylic acids is 1. The van der Waals surface area contributed by atoms with Crippen LogP contribution in [0, 0.1) is 17.6 Å². The number of anilines is 1. The molecule has 0 aliphatic heterocycles. The summed E-state index contributed by atoms with van der Waals surface area (Å²) in [6, 6.07) is 0.231. The van der Waals surface area contributed by atoms with Crippen LogP contribution < -0.4 is 16.2 Å². The van der Waals surface area contributed by atoms with Crippen LogP contribution in [0.5, 0.6) is 0 Å². The maximum atomic E-state index is 13.7. The van der Waals surface area contributed by atoms with Gasteiger partial charge in [-0.25, -0.2) is 17.2 Å². The zero-order valence-electron chi connectivity index (χ0n) is 10.9. The molecule has 1 rings (SSSR count). The Hall–Kier alpha value is -1.74. The predicted octanol–water partition coefficient (Wildman–Crippen LogP) is 0.335. The molecule has 0 aromatic heterocycles. The van der Waals surface area contributed by atoms with Crippen LogP contribution in [0.3, 0.4) is 0 Å². The number of hydrogen-bond acceptors (Lipinski definition) is 4. The van der Waals surface area contributed by atoms with E-state index >= 15 is 0 Å². The van der Waals surface area contributed by atoms with Crippen LogP contribution in [0.4, 0.5) is 14.5 Å². The van der Waals surface area contributed by atoms with Crippen molar-refractivity contribution in [1.29, 1.82) is 0 Å². The summed E-state index contributed by atoms with van der Waals surface area (Å²) in [5.41, 5.74) is 9.26. The number of carbonyl (C=O) groups is 1. The Morgan fingerprint density at radius 1 is 1.30 bits per heavy atom. The zero-order valence-corrected chi connectivity index (χ0v) is 11.7. The minimum Gasteiger partial charge on any atom is -0.394 e. The predicted molar refractivity (Wildman–Crippen MR) is 68.9 cm³/mol. The number of amides is 1. The minimum atomic E-state index is -4.39. The number of primary amides is 1. The van der Waals surface area contributed by atoms with E-state index in [1.165, 1.54) is 0 Å². The molecule has 0 saturated carbocycles. The molecule has 0 spiro atoms. The fraction of sp³-hybridized carbons (Fsp3) is 0.364. The van der Waals surface area contributed by atoms with Gasteiger partial charge in [0.2, 0.25) is 15.9 Å². The summed E-state index contributed by atoms with van der Waals surface area (Å²) < 4.78 is 52.7. The quantitative estimate of drug-likeness (QED) is 0.680. The van der Waals surface area contributed by atoms with Crippen molar-refractivity contribution in [3.8, 4) is 0 Å².